The van der Waals surface area contributed by atoms with Gasteiger partial charge in [-0.2, -0.15) is 0 Å². The lowest BCUT2D eigenvalue weighted by atomic mass is 9.53. The van der Waals surface area contributed by atoms with Gasteiger partial charge in [-0.3, -0.25) is 0 Å². The summed E-state index contributed by atoms with van der Waals surface area (Å²) in [7, 11) is 0. The van der Waals surface area contributed by atoms with Crippen LogP contribution in [-0.2, 0) is 4.79 Å². The molecule has 0 radical (unpaired) electrons. The van der Waals surface area contributed by atoms with Crippen molar-refractivity contribution in [2.24, 2.45) is 46.3 Å². The van der Waals surface area contributed by atoms with Gasteiger partial charge in [0.2, 0.25) is 0 Å². The molecular weight excluding hydrogens is 348 g/mol. The molecule has 156 valence electrons. The van der Waals surface area contributed by atoms with Crippen molar-refractivity contribution >= 4 is 5.97 Å². The fraction of sp³-hybridized carbons (Fsp3) is 0.720. The number of carboxylic acid groups (broad SMARTS) is 1. The summed E-state index contributed by atoms with van der Waals surface area (Å²) in [6.45, 7) is 13.8. The molecule has 3 saturated carbocycles. The molecule has 0 aromatic carbocycles. The smallest absolute Gasteiger partial charge is 0.328 e. The van der Waals surface area contributed by atoms with E-state index in [-0.39, 0.29) is 16.9 Å². The average molecular weight is 387 g/mol. The Morgan fingerprint density at radius 1 is 1.14 bits per heavy atom. The molecule has 3 aliphatic carbocycles. The van der Waals surface area contributed by atoms with Crippen LogP contribution >= 0.6 is 0 Å². The van der Waals surface area contributed by atoms with Crippen LogP contribution in [0.25, 0.3) is 0 Å². The van der Waals surface area contributed by atoms with Gasteiger partial charge in [0.15, 0.2) is 0 Å². The summed E-state index contributed by atoms with van der Waals surface area (Å²) >= 11 is 0. The van der Waals surface area contributed by atoms with Gasteiger partial charge in [0.05, 0.1) is 6.10 Å². The molecule has 0 aromatic heterocycles. The van der Waals surface area contributed by atoms with Gasteiger partial charge in [-0.25, -0.2) is 4.79 Å². The number of fused-ring (bicyclic) bond motifs is 3. The number of rotatable bonds is 4. The predicted octanol–water partition coefficient (Wildman–Crippen LogP) is 5.47. The molecule has 3 rings (SSSR count). The second-order valence-corrected chi connectivity index (χ2v) is 11.0. The van der Waals surface area contributed by atoms with E-state index in [2.05, 4.69) is 53.7 Å². The molecule has 0 bridgehead atoms. The van der Waals surface area contributed by atoms with Crippen molar-refractivity contribution in [3.8, 4) is 0 Å². The second kappa shape index (κ2) is 7.48. The number of aliphatic hydroxyl groups is 1. The standard InChI is InChI=1S/C25H38O3/c1-15-11-12-19(26)22-18-14-25(18,6)23(16(2)13-24(3,4)5)17(21(15)22)9-7-8-10-20(27)28/h7-10,13,15,17-19,21-23,26H,11-12,14H2,1-6H3,(H,27,28)/b9-7+,10-8+,16-13+/t15-,17-,18+,19-,21-,22-,23-,25+/m0/s1. The van der Waals surface area contributed by atoms with Crippen LogP contribution in [0.5, 0.6) is 0 Å². The SMILES string of the molecule is C/C(=C\C(C)(C)C)[C@H]1[C@@H](/C=C/C=C/C(=O)O)[C@H]2[C@@H]([C@H]3C[C@]31C)[C@@H](O)CC[C@@H]2C. The number of allylic oxidation sites excluding steroid dienone is 5. The molecular formula is C25H38O3. The van der Waals surface area contributed by atoms with E-state index in [1.807, 2.05) is 6.08 Å². The molecule has 8 atom stereocenters. The van der Waals surface area contributed by atoms with E-state index in [4.69, 9.17) is 5.11 Å². The molecule has 3 fully saturated rings. The van der Waals surface area contributed by atoms with Crippen molar-refractivity contribution < 1.29 is 15.0 Å². The Balaban J connectivity index is 2.03. The highest BCUT2D eigenvalue weighted by atomic mass is 16.4. The number of carboxylic acids is 1. The zero-order valence-corrected chi connectivity index (χ0v) is 18.4. The quantitative estimate of drug-likeness (QED) is 0.382. The summed E-state index contributed by atoms with van der Waals surface area (Å²) in [5.41, 5.74) is 1.84. The highest BCUT2D eigenvalue weighted by Gasteiger charge is 2.68. The molecule has 28 heavy (non-hydrogen) atoms. The topological polar surface area (TPSA) is 57.5 Å². The Hall–Kier alpha value is -1.35. The first-order valence-corrected chi connectivity index (χ1v) is 10.9. The number of aliphatic carboxylic acids is 1. The van der Waals surface area contributed by atoms with Crippen LogP contribution in [0.4, 0.5) is 0 Å². The molecule has 0 saturated heterocycles. The summed E-state index contributed by atoms with van der Waals surface area (Å²) in [6, 6.07) is 0. The monoisotopic (exact) mass is 386 g/mol. The Morgan fingerprint density at radius 3 is 2.43 bits per heavy atom. The largest absolute Gasteiger partial charge is 0.478 e. The number of hydrogen-bond acceptors (Lipinski definition) is 2. The molecule has 0 heterocycles. The summed E-state index contributed by atoms with van der Waals surface area (Å²) in [5.74, 6) is 1.93. The van der Waals surface area contributed by atoms with Gasteiger partial charge >= 0.3 is 5.97 Å². The zero-order valence-electron chi connectivity index (χ0n) is 18.4. The zero-order chi connectivity index (χ0) is 20.9. The molecule has 3 heteroatoms. The first-order valence-electron chi connectivity index (χ1n) is 10.9. The van der Waals surface area contributed by atoms with E-state index >= 15 is 0 Å². The van der Waals surface area contributed by atoms with E-state index in [1.54, 1.807) is 6.08 Å². The highest BCUT2D eigenvalue weighted by molar-refractivity contribution is 5.80. The lowest BCUT2D eigenvalue weighted by Gasteiger charge is -2.52. The van der Waals surface area contributed by atoms with Crippen LogP contribution in [-0.4, -0.2) is 22.3 Å². The molecule has 2 N–H and O–H groups in total. The number of aliphatic hydroxyl groups excluding tert-OH is 1. The maximum absolute atomic E-state index is 10.9. The van der Waals surface area contributed by atoms with Crippen LogP contribution in [0, 0.1) is 46.3 Å². The summed E-state index contributed by atoms with van der Waals surface area (Å²) in [6.07, 6.45) is 12.5. The highest BCUT2D eigenvalue weighted by Crippen LogP contribution is 2.73. The average Bonchev–Trinajstić information content (AvgIpc) is 3.23. The van der Waals surface area contributed by atoms with Gasteiger partial charge in [0.25, 0.3) is 0 Å². The predicted molar refractivity (Wildman–Crippen MR) is 114 cm³/mol. The maximum atomic E-state index is 10.9. The first kappa shape index (κ1) is 21.4. The van der Waals surface area contributed by atoms with Crippen LogP contribution < -0.4 is 0 Å². The van der Waals surface area contributed by atoms with Gasteiger partial charge in [0, 0.05) is 6.08 Å². The van der Waals surface area contributed by atoms with Gasteiger partial charge in [-0.15, -0.1) is 0 Å². The van der Waals surface area contributed by atoms with Crippen molar-refractivity contribution in [3.05, 3.63) is 36.0 Å². The Morgan fingerprint density at radius 2 is 1.82 bits per heavy atom. The van der Waals surface area contributed by atoms with E-state index in [1.165, 1.54) is 18.1 Å². The normalized spacial score (nSPS) is 43.8. The molecule has 3 aliphatic rings. The minimum absolute atomic E-state index is 0.136. The Bertz CT molecular complexity index is 695. The third-order valence-corrected chi connectivity index (χ3v) is 7.65. The molecule has 0 amide bonds. The van der Waals surface area contributed by atoms with Gasteiger partial charge in [0.1, 0.15) is 0 Å². The summed E-state index contributed by atoms with van der Waals surface area (Å²) in [5, 5.41) is 19.8. The van der Waals surface area contributed by atoms with E-state index in [0.717, 1.165) is 12.8 Å². The molecule has 3 nitrogen and oxygen atoms in total. The van der Waals surface area contributed by atoms with Crippen molar-refractivity contribution in [3.63, 3.8) is 0 Å². The molecule has 0 aliphatic heterocycles. The van der Waals surface area contributed by atoms with Crippen LogP contribution in [0.2, 0.25) is 0 Å². The molecule has 0 aromatic rings. The van der Waals surface area contributed by atoms with E-state index < -0.39 is 5.97 Å². The fourth-order valence-electron chi connectivity index (χ4n) is 6.80. The van der Waals surface area contributed by atoms with Crippen LogP contribution in [0.1, 0.15) is 60.8 Å². The minimum Gasteiger partial charge on any atom is -0.478 e. The van der Waals surface area contributed by atoms with E-state index in [9.17, 15) is 9.90 Å². The second-order valence-electron chi connectivity index (χ2n) is 11.0. The summed E-state index contributed by atoms with van der Waals surface area (Å²) in [4.78, 5) is 10.8. The Labute approximate surface area is 170 Å². The van der Waals surface area contributed by atoms with Crippen LogP contribution in [0.3, 0.4) is 0 Å². The van der Waals surface area contributed by atoms with E-state index in [0.29, 0.717) is 35.5 Å². The van der Waals surface area contributed by atoms with Gasteiger partial charge in [-0.05, 0) is 72.5 Å². The lowest BCUT2D eigenvalue weighted by Crippen LogP contribution is -2.49. The molecule has 0 spiro atoms. The van der Waals surface area contributed by atoms with Crippen molar-refractivity contribution in [2.75, 3.05) is 0 Å². The first-order chi connectivity index (χ1) is 13.0. The number of hydrogen-bond donors (Lipinski definition) is 2. The van der Waals surface area contributed by atoms with Crippen LogP contribution in [0.15, 0.2) is 36.0 Å². The molecule has 0 unspecified atom stereocenters. The fourth-order valence-corrected chi connectivity index (χ4v) is 6.80. The maximum Gasteiger partial charge on any atom is 0.328 e. The van der Waals surface area contributed by atoms with Crippen molar-refractivity contribution in [1.82, 2.24) is 0 Å². The number of carbonyl (C=O) groups is 1. The summed E-state index contributed by atoms with van der Waals surface area (Å²) < 4.78 is 0. The van der Waals surface area contributed by atoms with Crippen molar-refractivity contribution in [2.45, 2.75) is 66.9 Å². The van der Waals surface area contributed by atoms with Gasteiger partial charge in [-0.1, -0.05) is 64.5 Å². The third kappa shape index (κ3) is 4.01. The minimum atomic E-state index is -0.915. The lowest BCUT2D eigenvalue weighted by molar-refractivity contribution is -0.131. The van der Waals surface area contributed by atoms with Crippen molar-refractivity contribution in [1.29, 1.82) is 0 Å². The third-order valence-electron chi connectivity index (χ3n) is 7.65. The van der Waals surface area contributed by atoms with Gasteiger partial charge < -0.3 is 10.2 Å². The Kier molecular flexibility index (Phi) is 5.71.